The molecule has 0 aliphatic rings. The predicted molar refractivity (Wildman–Crippen MR) is 76.4 cm³/mol. The molecule has 6 heteroatoms. The van der Waals surface area contributed by atoms with Crippen LogP contribution in [0.4, 0.5) is 4.39 Å². The molecule has 0 saturated heterocycles. The number of carbonyl (C=O) groups excluding carboxylic acids is 1. The summed E-state index contributed by atoms with van der Waals surface area (Å²) < 4.78 is 37.4. The lowest BCUT2D eigenvalue weighted by molar-refractivity contribution is -0.121. The zero-order chi connectivity index (χ0) is 15.6. The van der Waals surface area contributed by atoms with Crippen molar-refractivity contribution in [1.82, 2.24) is 5.32 Å². The highest BCUT2D eigenvalue weighted by Crippen LogP contribution is 2.13. The lowest BCUT2D eigenvalue weighted by Crippen LogP contribution is -2.47. The molecule has 1 amide bonds. The first-order valence-electron chi connectivity index (χ1n) is 6.29. The van der Waals surface area contributed by atoms with Crippen molar-refractivity contribution in [3.63, 3.8) is 0 Å². The SMILES string of the molecule is C[C@H](C(=O)NC(C)(C)C)S(=O)(=O)Cc1cccc(F)c1. The third-order valence-corrected chi connectivity index (χ3v) is 4.69. The number of sulfone groups is 1. The third-order valence-electron chi connectivity index (χ3n) is 2.66. The molecule has 1 aromatic rings. The molecule has 20 heavy (non-hydrogen) atoms. The van der Waals surface area contributed by atoms with E-state index in [1.807, 2.05) is 0 Å². The van der Waals surface area contributed by atoms with E-state index in [0.717, 1.165) is 6.07 Å². The van der Waals surface area contributed by atoms with Crippen molar-refractivity contribution in [1.29, 1.82) is 0 Å². The molecule has 0 heterocycles. The van der Waals surface area contributed by atoms with E-state index in [-0.39, 0.29) is 5.75 Å². The number of halogens is 1. The van der Waals surface area contributed by atoms with Crippen LogP contribution in [0.1, 0.15) is 33.3 Å². The van der Waals surface area contributed by atoms with E-state index in [9.17, 15) is 17.6 Å². The molecule has 1 N–H and O–H groups in total. The molecule has 0 bridgehead atoms. The Balaban J connectivity index is 2.86. The molecule has 0 spiro atoms. The molecule has 0 fully saturated rings. The third kappa shape index (κ3) is 4.92. The van der Waals surface area contributed by atoms with Crippen LogP contribution in [0.5, 0.6) is 0 Å². The second kappa shape index (κ2) is 5.91. The zero-order valence-electron chi connectivity index (χ0n) is 12.1. The molecule has 4 nitrogen and oxygen atoms in total. The van der Waals surface area contributed by atoms with E-state index < -0.39 is 32.4 Å². The van der Waals surface area contributed by atoms with Crippen LogP contribution in [0, 0.1) is 5.82 Å². The molecular weight excluding hydrogens is 281 g/mol. The van der Waals surface area contributed by atoms with Crippen molar-refractivity contribution in [2.45, 2.75) is 44.2 Å². The molecule has 0 saturated carbocycles. The molecule has 0 radical (unpaired) electrons. The Morgan fingerprint density at radius 2 is 1.95 bits per heavy atom. The molecule has 0 aliphatic heterocycles. The maximum Gasteiger partial charge on any atom is 0.238 e. The Kier molecular flexibility index (Phi) is 4.91. The monoisotopic (exact) mass is 301 g/mol. The van der Waals surface area contributed by atoms with E-state index in [1.54, 1.807) is 20.8 Å². The number of hydrogen-bond donors (Lipinski definition) is 1. The van der Waals surface area contributed by atoms with E-state index in [1.165, 1.54) is 25.1 Å². The molecule has 112 valence electrons. The minimum absolute atomic E-state index is 0.334. The average Bonchev–Trinajstić information content (AvgIpc) is 2.24. The number of hydrogen-bond acceptors (Lipinski definition) is 3. The Labute approximate surface area is 119 Å². The van der Waals surface area contributed by atoms with Crippen molar-refractivity contribution in [3.8, 4) is 0 Å². The largest absolute Gasteiger partial charge is 0.350 e. The Morgan fingerprint density at radius 1 is 1.35 bits per heavy atom. The molecule has 0 aliphatic carbocycles. The Hall–Kier alpha value is -1.43. The van der Waals surface area contributed by atoms with Crippen LogP contribution in [0.3, 0.4) is 0 Å². The second-order valence-electron chi connectivity index (χ2n) is 5.82. The summed E-state index contributed by atoms with van der Waals surface area (Å²) in [7, 11) is -3.68. The van der Waals surface area contributed by atoms with Crippen molar-refractivity contribution in [2.24, 2.45) is 0 Å². The second-order valence-corrected chi connectivity index (χ2v) is 8.14. The molecule has 0 aromatic heterocycles. The van der Waals surface area contributed by atoms with Gasteiger partial charge in [-0.05, 0) is 45.4 Å². The highest BCUT2D eigenvalue weighted by atomic mass is 32.2. The first-order chi connectivity index (χ1) is 9.01. The maximum atomic E-state index is 13.1. The van der Waals surface area contributed by atoms with Crippen molar-refractivity contribution in [3.05, 3.63) is 35.6 Å². The van der Waals surface area contributed by atoms with Gasteiger partial charge in [0.05, 0.1) is 5.75 Å². The van der Waals surface area contributed by atoms with Gasteiger partial charge in [-0.1, -0.05) is 12.1 Å². The highest BCUT2D eigenvalue weighted by Gasteiger charge is 2.30. The van der Waals surface area contributed by atoms with Crippen LogP contribution in [-0.4, -0.2) is 25.1 Å². The van der Waals surface area contributed by atoms with Gasteiger partial charge in [-0.3, -0.25) is 4.79 Å². The summed E-state index contributed by atoms with van der Waals surface area (Å²) in [5, 5.41) is 1.45. The Morgan fingerprint density at radius 3 is 2.45 bits per heavy atom. The van der Waals surface area contributed by atoms with Crippen LogP contribution in [0.25, 0.3) is 0 Å². The fourth-order valence-electron chi connectivity index (χ4n) is 1.62. The summed E-state index contributed by atoms with van der Waals surface area (Å²) in [6, 6.07) is 5.37. The van der Waals surface area contributed by atoms with E-state index >= 15 is 0 Å². The summed E-state index contributed by atoms with van der Waals surface area (Å²) in [5.74, 6) is -1.40. The summed E-state index contributed by atoms with van der Waals surface area (Å²) in [6.07, 6.45) is 0. The van der Waals surface area contributed by atoms with E-state index in [4.69, 9.17) is 0 Å². The number of carbonyl (C=O) groups is 1. The van der Waals surface area contributed by atoms with Crippen molar-refractivity contribution < 1.29 is 17.6 Å². The van der Waals surface area contributed by atoms with Crippen LogP contribution in [0.15, 0.2) is 24.3 Å². The molecule has 1 rings (SSSR count). The van der Waals surface area contributed by atoms with Crippen LogP contribution in [-0.2, 0) is 20.4 Å². The quantitative estimate of drug-likeness (QED) is 0.925. The van der Waals surface area contributed by atoms with E-state index in [0.29, 0.717) is 5.56 Å². The lowest BCUT2D eigenvalue weighted by atomic mass is 10.1. The maximum absolute atomic E-state index is 13.1. The number of benzene rings is 1. The number of amides is 1. The summed E-state index contributed by atoms with van der Waals surface area (Å²) >= 11 is 0. The zero-order valence-corrected chi connectivity index (χ0v) is 12.9. The van der Waals surface area contributed by atoms with Gasteiger partial charge in [-0.15, -0.1) is 0 Å². The molecule has 1 aromatic carbocycles. The topological polar surface area (TPSA) is 63.2 Å². The van der Waals surface area contributed by atoms with Crippen LogP contribution >= 0.6 is 0 Å². The van der Waals surface area contributed by atoms with Gasteiger partial charge in [-0.2, -0.15) is 0 Å². The smallest absolute Gasteiger partial charge is 0.238 e. The number of rotatable bonds is 4. The standard InChI is InChI=1S/C14H20FNO3S/c1-10(13(17)16-14(2,3)4)20(18,19)9-11-6-5-7-12(15)8-11/h5-8,10H,9H2,1-4H3,(H,16,17)/t10-/m1/s1. The van der Waals surface area contributed by atoms with Gasteiger partial charge >= 0.3 is 0 Å². The van der Waals surface area contributed by atoms with Gasteiger partial charge in [-0.25, -0.2) is 12.8 Å². The van der Waals surface area contributed by atoms with Gasteiger partial charge in [0, 0.05) is 5.54 Å². The average molecular weight is 301 g/mol. The fourth-order valence-corrected chi connectivity index (χ4v) is 2.90. The van der Waals surface area contributed by atoms with Gasteiger partial charge in [0.25, 0.3) is 0 Å². The first-order valence-corrected chi connectivity index (χ1v) is 8.01. The fraction of sp³-hybridized carbons (Fsp3) is 0.500. The summed E-state index contributed by atoms with van der Waals surface area (Å²) in [5.41, 5.74) is -0.167. The van der Waals surface area contributed by atoms with Gasteiger partial charge < -0.3 is 5.32 Å². The van der Waals surface area contributed by atoms with Crippen molar-refractivity contribution in [2.75, 3.05) is 0 Å². The first kappa shape index (κ1) is 16.6. The summed E-state index contributed by atoms with van der Waals surface area (Å²) in [4.78, 5) is 11.9. The van der Waals surface area contributed by atoms with Gasteiger partial charge in [0.15, 0.2) is 9.84 Å². The minimum Gasteiger partial charge on any atom is -0.350 e. The lowest BCUT2D eigenvalue weighted by Gasteiger charge is -2.23. The molecular formula is C14H20FNO3S. The number of nitrogens with one attached hydrogen (secondary N) is 1. The van der Waals surface area contributed by atoms with Crippen molar-refractivity contribution >= 4 is 15.7 Å². The summed E-state index contributed by atoms with van der Waals surface area (Å²) in [6.45, 7) is 6.67. The van der Waals surface area contributed by atoms with E-state index in [2.05, 4.69) is 5.32 Å². The molecule has 0 unspecified atom stereocenters. The Bertz CT molecular complexity index is 591. The van der Waals surface area contributed by atoms with Crippen LogP contribution in [0.2, 0.25) is 0 Å². The normalized spacial score (nSPS) is 13.8. The molecule has 1 atom stereocenters. The highest BCUT2D eigenvalue weighted by molar-refractivity contribution is 7.92. The predicted octanol–water partition coefficient (Wildman–Crippen LogP) is 2.04. The minimum atomic E-state index is -3.68. The van der Waals surface area contributed by atoms with Gasteiger partial charge in [0.2, 0.25) is 5.91 Å². The van der Waals surface area contributed by atoms with Gasteiger partial charge in [0.1, 0.15) is 11.1 Å². The van der Waals surface area contributed by atoms with Crippen LogP contribution < -0.4 is 5.32 Å².